The van der Waals surface area contributed by atoms with E-state index in [0.717, 1.165) is 6.42 Å². The highest BCUT2D eigenvalue weighted by atomic mass is 15.3. The molecule has 1 rings (SSSR count). The summed E-state index contributed by atoms with van der Waals surface area (Å²) < 4.78 is 1.89. The first-order valence-corrected chi connectivity index (χ1v) is 6.96. The van der Waals surface area contributed by atoms with Gasteiger partial charge in [0.05, 0.1) is 11.4 Å². The lowest BCUT2D eigenvalue weighted by atomic mass is 10.1. The van der Waals surface area contributed by atoms with Crippen LogP contribution in [-0.2, 0) is 13.5 Å². The molecule has 0 spiro atoms. The highest BCUT2D eigenvalue weighted by Crippen LogP contribution is 2.16. The van der Waals surface area contributed by atoms with Gasteiger partial charge in [0, 0.05) is 19.3 Å². The van der Waals surface area contributed by atoms with E-state index < -0.39 is 0 Å². The Bertz CT molecular complexity index is 317. The van der Waals surface area contributed by atoms with E-state index in [1.807, 2.05) is 11.7 Å². The Kier molecular flexibility index (Phi) is 6.09. The molecule has 1 heterocycles. The van der Waals surface area contributed by atoms with E-state index in [2.05, 4.69) is 37.4 Å². The predicted octanol–water partition coefficient (Wildman–Crippen LogP) is 3.75. The second-order valence-corrected chi connectivity index (χ2v) is 4.91. The zero-order valence-corrected chi connectivity index (χ0v) is 11.8. The quantitative estimate of drug-likeness (QED) is 0.698. The van der Waals surface area contributed by atoms with Crippen molar-refractivity contribution in [3.63, 3.8) is 0 Å². The molecule has 3 nitrogen and oxygen atoms in total. The van der Waals surface area contributed by atoms with Crippen molar-refractivity contribution in [2.24, 2.45) is 7.05 Å². The monoisotopic (exact) mass is 237 g/mol. The van der Waals surface area contributed by atoms with Gasteiger partial charge in [0.2, 0.25) is 0 Å². The van der Waals surface area contributed by atoms with Crippen LogP contribution in [0.1, 0.15) is 58.6 Å². The van der Waals surface area contributed by atoms with Crippen LogP contribution in [0.2, 0.25) is 0 Å². The fraction of sp³-hybridized carbons (Fsp3) is 0.786. The molecule has 1 N–H and O–H groups in total. The zero-order chi connectivity index (χ0) is 12.7. The van der Waals surface area contributed by atoms with Gasteiger partial charge in [0.25, 0.3) is 0 Å². The maximum Gasteiger partial charge on any atom is 0.0853 e. The lowest BCUT2D eigenvalue weighted by Gasteiger charge is -2.14. The summed E-state index contributed by atoms with van der Waals surface area (Å²) in [6.45, 7) is 6.67. The van der Waals surface area contributed by atoms with Crippen LogP contribution in [0.15, 0.2) is 6.20 Å². The van der Waals surface area contributed by atoms with Crippen molar-refractivity contribution in [2.75, 3.05) is 5.32 Å². The first-order chi connectivity index (χ1) is 8.17. The number of nitrogens with zero attached hydrogens (tertiary/aromatic N) is 2. The van der Waals surface area contributed by atoms with Crippen molar-refractivity contribution in [1.82, 2.24) is 9.78 Å². The Hall–Kier alpha value is -0.990. The standard InChI is InChI=1S/C14H27N3/c1-5-7-8-9-10-12(3)15-14-11-17(4)16-13(14)6-2/h11-12,15H,5-10H2,1-4H3. The molecule has 17 heavy (non-hydrogen) atoms. The number of hydrogen-bond donors (Lipinski definition) is 1. The van der Waals surface area contributed by atoms with Gasteiger partial charge in [-0.25, -0.2) is 0 Å². The maximum absolute atomic E-state index is 4.45. The normalized spacial score (nSPS) is 12.7. The van der Waals surface area contributed by atoms with E-state index >= 15 is 0 Å². The summed E-state index contributed by atoms with van der Waals surface area (Å²) in [6, 6.07) is 0.543. The Morgan fingerprint density at radius 2 is 2.06 bits per heavy atom. The summed E-state index contributed by atoms with van der Waals surface area (Å²) in [5.74, 6) is 0. The van der Waals surface area contributed by atoms with Gasteiger partial charge in [0.15, 0.2) is 0 Å². The van der Waals surface area contributed by atoms with E-state index in [-0.39, 0.29) is 0 Å². The van der Waals surface area contributed by atoms with Gasteiger partial charge in [0.1, 0.15) is 0 Å². The summed E-state index contributed by atoms with van der Waals surface area (Å²) in [4.78, 5) is 0. The summed E-state index contributed by atoms with van der Waals surface area (Å²) >= 11 is 0. The fourth-order valence-corrected chi connectivity index (χ4v) is 2.13. The largest absolute Gasteiger partial charge is 0.380 e. The van der Waals surface area contributed by atoms with Gasteiger partial charge < -0.3 is 5.32 Å². The molecule has 0 amide bonds. The number of nitrogens with one attached hydrogen (secondary N) is 1. The van der Waals surface area contributed by atoms with Crippen molar-refractivity contribution in [3.8, 4) is 0 Å². The molecule has 1 unspecified atom stereocenters. The second kappa shape index (κ2) is 7.36. The zero-order valence-electron chi connectivity index (χ0n) is 11.8. The van der Waals surface area contributed by atoms with Gasteiger partial charge in [-0.1, -0.05) is 39.5 Å². The van der Waals surface area contributed by atoms with Crippen LogP contribution in [0.3, 0.4) is 0 Å². The van der Waals surface area contributed by atoms with Crippen LogP contribution in [0.5, 0.6) is 0 Å². The van der Waals surface area contributed by atoms with Crippen molar-refractivity contribution in [1.29, 1.82) is 0 Å². The Labute approximate surface area is 106 Å². The van der Waals surface area contributed by atoms with Crippen LogP contribution >= 0.6 is 0 Å². The van der Waals surface area contributed by atoms with E-state index in [9.17, 15) is 0 Å². The molecule has 0 fully saturated rings. The molecule has 1 atom stereocenters. The molecular formula is C14H27N3. The number of aromatic nitrogens is 2. The van der Waals surface area contributed by atoms with Crippen LogP contribution < -0.4 is 5.32 Å². The van der Waals surface area contributed by atoms with Gasteiger partial charge in [-0.05, 0) is 19.8 Å². The van der Waals surface area contributed by atoms with Gasteiger partial charge in [-0.15, -0.1) is 0 Å². The molecule has 0 radical (unpaired) electrons. The number of hydrogen-bond acceptors (Lipinski definition) is 2. The van der Waals surface area contributed by atoms with Crippen LogP contribution in [0.4, 0.5) is 5.69 Å². The third kappa shape index (κ3) is 4.80. The first-order valence-electron chi connectivity index (χ1n) is 6.96. The second-order valence-electron chi connectivity index (χ2n) is 4.91. The van der Waals surface area contributed by atoms with Gasteiger partial charge >= 0.3 is 0 Å². The Balaban J connectivity index is 2.36. The topological polar surface area (TPSA) is 29.9 Å². The van der Waals surface area contributed by atoms with Crippen molar-refractivity contribution < 1.29 is 0 Å². The van der Waals surface area contributed by atoms with Crippen LogP contribution in [0, 0.1) is 0 Å². The van der Waals surface area contributed by atoms with Gasteiger partial charge in [-0.3, -0.25) is 4.68 Å². The average Bonchev–Trinajstić information content (AvgIpc) is 2.65. The number of aryl methyl sites for hydroxylation is 2. The minimum atomic E-state index is 0.543. The lowest BCUT2D eigenvalue weighted by Crippen LogP contribution is -2.15. The SMILES string of the molecule is CCCCCCC(C)Nc1cn(C)nc1CC. The summed E-state index contributed by atoms with van der Waals surface area (Å²) in [6.07, 6.45) is 9.68. The molecule has 3 heteroatoms. The molecule has 1 aromatic heterocycles. The predicted molar refractivity (Wildman–Crippen MR) is 74.4 cm³/mol. The van der Waals surface area contributed by atoms with Crippen LogP contribution in [0.25, 0.3) is 0 Å². The summed E-state index contributed by atoms with van der Waals surface area (Å²) in [7, 11) is 1.98. The maximum atomic E-state index is 4.45. The van der Waals surface area contributed by atoms with Crippen molar-refractivity contribution >= 4 is 5.69 Å². The smallest absolute Gasteiger partial charge is 0.0853 e. The lowest BCUT2D eigenvalue weighted by molar-refractivity contribution is 0.593. The third-order valence-corrected chi connectivity index (χ3v) is 3.13. The highest BCUT2D eigenvalue weighted by molar-refractivity contribution is 5.46. The fourth-order valence-electron chi connectivity index (χ4n) is 2.13. The first kappa shape index (κ1) is 14.1. The molecule has 1 aromatic rings. The van der Waals surface area contributed by atoms with E-state index in [1.54, 1.807) is 0 Å². The molecule has 0 saturated carbocycles. The number of anilines is 1. The Morgan fingerprint density at radius 1 is 1.29 bits per heavy atom. The number of rotatable bonds is 8. The van der Waals surface area contributed by atoms with E-state index in [1.165, 1.54) is 43.5 Å². The summed E-state index contributed by atoms with van der Waals surface area (Å²) in [5, 5.41) is 8.02. The van der Waals surface area contributed by atoms with E-state index in [0.29, 0.717) is 6.04 Å². The average molecular weight is 237 g/mol. The third-order valence-electron chi connectivity index (χ3n) is 3.13. The Morgan fingerprint density at radius 3 is 2.71 bits per heavy atom. The molecule has 0 aromatic carbocycles. The minimum Gasteiger partial charge on any atom is -0.380 e. The molecule has 0 aliphatic carbocycles. The van der Waals surface area contributed by atoms with Crippen molar-refractivity contribution in [2.45, 2.75) is 65.3 Å². The van der Waals surface area contributed by atoms with Crippen molar-refractivity contribution in [3.05, 3.63) is 11.9 Å². The molecular weight excluding hydrogens is 210 g/mol. The molecule has 0 aliphatic rings. The molecule has 0 aliphatic heterocycles. The molecule has 98 valence electrons. The van der Waals surface area contributed by atoms with Gasteiger partial charge in [-0.2, -0.15) is 5.10 Å². The number of unbranched alkanes of at least 4 members (excludes halogenated alkanes) is 3. The minimum absolute atomic E-state index is 0.543. The molecule has 0 bridgehead atoms. The summed E-state index contributed by atoms with van der Waals surface area (Å²) in [5.41, 5.74) is 2.38. The van der Waals surface area contributed by atoms with Crippen LogP contribution in [-0.4, -0.2) is 15.8 Å². The van der Waals surface area contributed by atoms with E-state index in [4.69, 9.17) is 0 Å². The molecule has 0 saturated heterocycles. The highest BCUT2D eigenvalue weighted by Gasteiger charge is 2.08.